The number of hydrogen-bond acceptors (Lipinski definition) is 2. The molecule has 19 heavy (non-hydrogen) atoms. The molecule has 0 saturated heterocycles. The quantitative estimate of drug-likeness (QED) is 0.582. The van der Waals surface area contributed by atoms with Crippen LogP contribution in [0.5, 0.6) is 0 Å². The molecule has 0 bridgehead atoms. The highest BCUT2D eigenvalue weighted by Crippen LogP contribution is 2.14. The Labute approximate surface area is 115 Å². The molecule has 1 rings (SSSR count). The molecule has 0 aromatic heterocycles. The van der Waals surface area contributed by atoms with Crippen molar-refractivity contribution in [3.8, 4) is 0 Å². The molecule has 0 heterocycles. The average molecular weight is 252 g/mol. The Bertz CT molecular complexity index is 507. The third-order valence-corrected chi connectivity index (χ3v) is 2.58. The van der Waals surface area contributed by atoms with E-state index in [0.29, 0.717) is 6.54 Å². The maximum atomic E-state index is 4.38. The number of aliphatic imine (C=N–C) groups is 1. The molecular weight excluding hydrogens is 232 g/mol. The van der Waals surface area contributed by atoms with Crippen LogP contribution in [0, 0.1) is 0 Å². The van der Waals surface area contributed by atoms with Crippen LogP contribution in [-0.2, 0) is 0 Å². The van der Waals surface area contributed by atoms with Gasteiger partial charge in [0.15, 0.2) is 0 Å². The van der Waals surface area contributed by atoms with E-state index in [1.807, 2.05) is 49.7 Å². The van der Waals surface area contributed by atoms with Gasteiger partial charge in [-0.3, -0.25) is 4.99 Å². The van der Waals surface area contributed by atoms with Crippen molar-refractivity contribution in [1.29, 1.82) is 0 Å². The highest BCUT2D eigenvalue weighted by Gasteiger charge is 1.98. The van der Waals surface area contributed by atoms with Crippen LogP contribution in [0.15, 0.2) is 78.5 Å². The van der Waals surface area contributed by atoms with Crippen LogP contribution >= 0.6 is 0 Å². The van der Waals surface area contributed by atoms with Crippen molar-refractivity contribution in [2.45, 2.75) is 0 Å². The summed E-state index contributed by atoms with van der Waals surface area (Å²) in [4.78, 5) is 4.38. The van der Waals surface area contributed by atoms with Crippen molar-refractivity contribution in [2.75, 3.05) is 13.6 Å². The number of rotatable bonds is 7. The van der Waals surface area contributed by atoms with Gasteiger partial charge in [0.2, 0.25) is 0 Å². The lowest BCUT2D eigenvalue weighted by Crippen LogP contribution is -2.06. The highest BCUT2D eigenvalue weighted by atomic mass is 14.9. The minimum atomic E-state index is 0.557. The second-order valence-electron chi connectivity index (χ2n) is 4.07. The molecule has 1 aromatic carbocycles. The van der Waals surface area contributed by atoms with Gasteiger partial charge in [-0.05, 0) is 17.2 Å². The smallest absolute Gasteiger partial charge is 0.0780 e. The number of hydrogen-bond donors (Lipinski definition) is 1. The molecule has 98 valence electrons. The maximum Gasteiger partial charge on any atom is 0.0780 e. The van der Waals surface area contributed by atoms with Crippen LogP contribution in [0.1, 0.15) is 5.56 Å². The summed E-state index contributed by atoms with van der Waals surface area (Å²) in [5.41, 5.74) is 3.85. The first-order valence-corrected chi connectivity index (χ1v) is 6.11. The minimum Gasteiger partial charge on any atom is -0.390 e. The molecule has 0 unspecified atom stereocenters. The van der Waals surface area contributed by atoms with E-state index in [-0.39, 0.29) is 0 Å². The van der Waals surface area contributed by atoms with E-state index < -0.39 is 0 Å². The minimum absolute atomic E-state index is 0.557. The average Bonchev–Trinajstić information content (AvgIpc) is 2.46. The zero-order valence-electron chi connectivity index (χ0n) is 11.4. The summed E-state index contributed by atoms with van der Waals surface area (Å²) >= 11 is 0. The molecule has 0 atom stereocenters. The standard InChI is InChI=1S/C17H20N2/c1-5-14(2)11-17(13-19-12-15(3)18-4)16-9-7-6-8-10-16/h5-11,13,18H,1-3,12H2,4H3/b17-11+,19-13?. The summed E-state index contributed by atoms with van der Waals surface area (Å²) in [5.74, 6) is 0. The van der Waals surface area contributed by atoms with Crippen LogP contribution < -0.4 is 5.32 Å². The number of allylic oxidation sites excluding steroid dienone is 4. The normalized spacial score (nSPS) is 11.3. The number of nitrogens with one attached hydrogen (secondary N) is 1. The zero-order valence-corrected chi connectivity index (χ0v) is 11.4. The fourth-order valence-electron chi connectivity index (χ4n) is 1.42. The predicted molar refractivity (Wildman–Crippen MR) is 85.3 cm³/mol. The molecule has 0 radical (unpaired) electrons. The largest absolute Gasteiger partial charge is 0.390 e. The second kappa shape index (κ2) is 7.88. The van der Waals surface area contributed by atoms with E-state index in [9.17, 15) is 0 Å². The molecule has 0 fully saturated rings. The molecule has 0 aliphatic heterocycles. The Balaban J connectivity index is 2.94. The number of benzene rings is 1. The van der Waals surface area contributed by atoms with Crippen molar-refractivity contribution in [3.05, 3.63) is 79.1 Å². The van der Waals surface area contributed by atoms with Crippen LogP contribution in [0.3, 0.4) is 0 Å². The summed E-state index contributed by atoms with van der Waals surface area (Å²) in [6, 6.07) is 10.1. The summed E-state index contributed by atoms with van der Waals surface area (Å²) < 4.78 is 0. The van der Waals surface area contributed by atoms with Crippen LogP contribution in [-0.4, -0.2) is 19.8 Å². The predicted octanol–water partition coefficient (Wildman–Crippen LogP) is 3.62. The first-order valence-electron chi connectivity index (χ1n) is 6.11. The molecule has 1 N–H and O–H groups in total. The lowest BCUT2D eigenvalue weighted by Gasteiger charge is -2.04. The van der Waals surface area contributed by atoms with Gasteiger partial charge in [0.25, 0.3) is 0 Å². The maximum absolute atomic E-state index is 4.38. The van der Waals surface area contributed by atoms with Crippen molar-refractivity contribution in [1.82, 2.24) is 5.32 Å². The summed E-state index contributed by atoms with van der Waals surface area (Å²) in [5, 5.41) is 2.97. The van der Waals surface area contributed by atoms with E-state index in [1.165, 1.54) is 0 Å². The van der Waals surface area contributed by atoms with Gasteiger partial charge in [-0.1, -0.05) is 56.1 Å². The lowest BCUT2D eigenvalue weighted by molar-refractivity contribution is 0.937. The SMILES string of the molecule is C=CC(=C)/C=C(\C=NCC(=C)NC)c1ccccc1. The molecule has 1 aromatic rings. The third kappa shape index (κ3) is 5.21. The Kier molecular flexibility index (Phi) is 6.10. The first kappa shape index (κ1) is 14.7. The van der Waals surface area contributed by atoms with E-state index in [0.717, 1.165) is 22.4 Å². The molecule has 2 heteroatoms. The molecule has 0 amide bonds. The van der Waals surface area contributed by atoms with Crippen LogP contribution in [0.2, 0.25) is 0 Å². The lowest BCUT2D eigenvalue weighted by atomic mass is 10.0. The van der Waals surface area contributed by atoms with Gasteiger partial charge in [-0.15, -0.1) is 0 Å². The Morgan fingerprint density at radius 3 is 2.53 bits per heavy atom. The molecule has 0 saturated carbocycles. The van der Waals surface area contributed by atoms with Crippen molar-refractivity contribution >= 4 is 11.8 Å². The fraction of sp³-hybridized carbons (Fsp3) is 0.118. The monoisotopic (exact) mass is 252 g/mol. The van der Waals surface area contributed by atoms with Gasteiger partial charge in [0.1, 0.15) is 0 Å². The van der Waals surface area contributed by atoms with E-state index in [4.69, 9.17) is 0 Å². The molecule has 2 nitrogen and oxygen atoms in total. The van der Waals surface area contributed by atoms with Gasteiger partial charge >= 0.3 is 0 Å². The van der Waals surface area contributed by atoms with Gasteiger partial charge in [-0.25, -0.2) is 0 Å². The third-order valence-electron chi connectivity index (χ3n) is 2.58. The van der Waals surface area contributed by atoms with Crippen LogP contribution in [0.25, 0.3) is 5.57 Å². The van der Waals surface area contributed by atoms with Crippen LogP contribution in [0.4, 0.5) is 0 Å². The second-order valence-corrected chi connectivity index (χ2v) is 4.07. The van der Waals surface area contributed by atoms with Gasteiger partial charge < -0.3 is 5.32 Å². The molecule has 0 aliphatic rings. The van der Waals surface area contributed by atoms with Gasteiger partial charge in [0, 0.05) is 24.5 Å². The Hall–Kier alpha value is -2.35. The topological polar surface area (TPSA) is 24.4 Å². The molecular formula is C17H20N2. The Morgan fingerprint density at radius 1 is 1.26 bits per heavy atom. The fourth-order valence-corrected chi connectivity index (χ4v) is 1.42. The van der Waals surface area contributed by atoms with E-state index in [2.05, 4.69) is 30.0 Å². The summed E-state index contributed by atoms with van der Waals surface area (Å²) in [6.07, 6.45) is 5.53. The number of nitrogens with zero attached hydrogens (tertiary/aromatic N) is 1. The van der Waals surface area contributed by atoms with E-state index >= 15 is 0 Å². The van der Waals surface area contributed by atoms with Crippen molar-refractivity contribution < 1.29 is 0 Å². The summed E-state index contributed by atoms with van der Waals surface area (Å²) in [6.45, 7) is 12.0. The molecule has 0 spiro atoms. The molecule has 0 aliphatic carbocycles. The van der Waals surface area contributed by atoms with Crippen molar-refractivity contribution in [2.24, 2.45) is 4.99 Å². The van der Waals surface area contributed by atoms with Gasteiger partial charge in [0.05, 0.1) is 6.54 Å². The highest BCUT2D eigenvalue weighted by molar-refractivity contribution is 6.10. The number of likely N-dealkylation sites (N-methyl/N-ethyl adjacent to an activating group) is 1. The van der Waals surface area contributed by atoms with Crippen molar-refractivity contribution in [3.63, 3.8) is 0 Å². The Morgan fingerprint density at radius 2 is 1.95 bits per heavy atom. The van der Waals surface area contributed by atoms with Gasteiger partial charge in [-0.2, -0.15) is 0 Å². The van der Waals surface area contributed by atoms with E-state index in [1.54, 1.807) is 6.08 Å². The first-order chi connectivity index (χ1) is 9.17. The zero-order chi connectivity index (χ0) is 14.1. The summed E-state index contributed by atoms with van der Waals surface area (Å²) in [7, 11) is 1.84.